The maximum atomic E-state index is 11.6. The molecule has 3 heterocycles. The van der Waals surface area contributed by atoms with Gasteiger partial charge in [0.15, 0.2) is 0 Å². The topological polar surface area (TPSA) is 117 Å². The van der Waals surface area contributed by atoms with Crippen LogP contribution < -0.4 is 14.8 Å². The summed E-state index contributed by atoms with van der Waals surface area (Å²) in [5.74, 6) is 0.706. The van der Waals surface area contributed by atoms with E-state index in [-0.39, 0.29) is 6.04 Å². The number of hydrogen-bond donors (Lipinski definition) is 1. The number of rotatable bonds is 4. The van der Waals surface area contributed by atoms with Gasteiger partial charge in [-0.05, 0) is 19.8 Å². The minimum Gasteiger partial charge on any atom is -0.495 e. The van der Waals surface area contributed by atoms with Crippen LogP contribution in [-0.2, 0) is 10.2 Å². The molecule has 0 saturated carbocycles. The third kappa shape index (κ3) is 3.09. The van der Waals surface area contributed by atoms with E-state index in [1.165, 1.54) is 11.4 Å². The van der Waals surface area contributed by atoms with Crippen molar-refractivity contribution in [3.63, 3.8) is 0 Å². The molecule has 3 rings (SSSR count). The first-order valence-electron chi connectivity index (χ1n) is 8.23. The number of anilines is 1. The summed E-state index contributed by atoms with van der Waals surface area (Å²) in [6.07, 6.45) is 4.59. The summed E-state index contributed by atoms with van der Waals surface area (Å²) in [6.45, 7) is 3.17. The Hall–Kier alpha value is -2.35. The Morgan fingerprint density at radius 2 is 2.08 bits per heavy atom. The summed E-state index contributed by atoms with van der Waals surface area (Å²) in [7, 11) is -0.606. The van der Waals surface area contributed by atoms with Crippen molar-refractivity contribution in [2.24, 2.45) is 5.14 Å². The van der Waals surface area contributed by atoms with Crippen LogP contribution in [0, 0.1) is 18.3 Å². The lowest BCUT2D eigenvalue weighted by molar-refractivity contribution is 0.312. The van der Waals surface area contributed by atoms with E-state index >= 15 is 0 Å². The number of piperidine rings is 1. The second-order valence-corrected chi connectivity index (χ2v) is 8.02. The van der Waals surface area contributed by atoms with Crippen molar-refractivity contribution in [1.82, 2.24) is 13.9 Å². The van der Waals surface area contributed by atoms with Gasteiger partial charge in [0.25, 0.3) is 10.2 Å². The van der Waals surface area contributed by atoms with Crippen molar-refractivity contribution in [3.8, 4) is 11.8 Å². The van der Waals surface area contributed by atoms with Crippen molar-refractivity contribution in [2.75, 3.05) is 32.1 Å². The van der Waals surface area contributed by atoms with Crippen molar-refractivity contribution >= 4 is 21.4 Å². The van der Waals surface area contributed by atoms with Crippen molar-refractivity contribution in [3.05, 3.63) is 23.5 Å². The van der Waals surface area contributed by atoms with Gasteiger partial charge in [0.1, 0.15) is 11.8 Å². The highest BCUT2D eigenvalue weighted by molar-refractivity contribution is 7.86. The van der Waals surface area contributed by atoms with E-state index in [1.807, 2.05) is 6.92 Å². The van der Waals surface area contributed by atoms with E-state index in [9.17, 15) is 13.7 Å². The molecular weight excluding hydrogens is 356 g/mol. The van der Waals surface area contributed by atoms with Gasteiger partial charge in [-0.2, -0.15) is 23.1 Å². The van der Waals surface area contributed by atoms with E-state index in [1.54, 1.807) is 24.0 Å². The zero-order valence-corrected chi connectivity index (χ0v) is 15.8. The zero-order valence-electron chi connectivity index (χ0n) is 15.0. The molecule has 2 aromatic heterocycles. The Labute approximate surface area is 152 Å². The van der Waals surface area contributed by atoms with Gasteiger partial charge in [0.05, 0.1) is 36.3 Å². The second-order valence-electron chi connectivity index (χ2n) is 6.41. The van der Waals surface area contributed by atoms with Gasteiger partial charge in [-0.15, -0.1) is 0 Å². The Morgan fingerprint density at radius 3 is 2.62 bits per heavy atom. The maximum absolute atomic E-state index is 11.6. The van der Waals surface area contributed by atoms with E-state index in [2.05, 4.69) is 16.1 Å². The smallest absolute Gasteiger partial charge is 0.276 e. The first kappa shape index (κ1) is 18.4. The molecule has 2 N–H and O–H groups in total. The second kappa shape index (κ2) is 6.75. The lowest BCUT2D eigenvalue weighted by atomic mass is 10.0. The van der Waals surface area contributed by atoms with Crippen LogP contribution in [0.5, 0.6) is 5.75 Å². The highest BCUT2D eigenvalue weighted by Crippen LogP contribution is 2.35. The van der Waals surface area contributed by atoms with Crippen molar-refractivity contribution < 1.29 is 13.2 Å². The van der Waals surface area contributed by atoms with Gasteiger partial charge in [0, 0.05) is 31.7 Å². The quantitative estimate of drug-likeness (QED) is 0.834. The number of aromatic nitrogens is 2. The molecule has 1 fully saturated rings. The van der Waals surface area contributed by atoms with Crippen LogP contribution in [0.3, 0.4) is 0 Å². The minimum absolute atomic E-state index is 0.146. The Bertz CT molecular complexity index is 970. The highest BCUT2D eigenvalue weighted by Gasteiger charge is 2.30. The first-order chi connectivity index (χ1) is 12.3. The number of aryl methyl sites for hydroxylation is 1. The Kier molecular flexibility index (Phi) is 4.79. The molecule has 0 aliphatic carbocycles. The average molecular weight is 378 g/mol. The predicted molar refractivity (Wildman–Crippen MR) is 97.3 cm³/mol. The molecule has 10 heteroatoms. The molecule has 0 radical (unpaired) electrons. The largest absolute Gasteiger partial charge is 0.495 e. The average Bonchev–Trinajstić information content (AvgIpc) is 2.95. The Balaban J connectivity index is 1.97. The van der Waals surface area contributed by atoms with Crippen LogP contribution in [0.1, 0.15) is 24.0 Å². The van der Waals surface area contributed by atoms with Crippen LogP contribution in [0.4, 0.5) is 5.69 Å². The van der Waals surface area contributed by atoms with Gasteiger partial charge < -0.3 is 9.64 Å². The SMILES string of the molecule is COc1cn2ncc(C#N)c(N3CCC(N(C)S(N)(=O)=O)CC3)c2c1C. The summed E-state index contributed by atoms with van der Waals surface area (Å²) in [5, 5.41) is 19.1. The number of ether oxygens (including phenoxy) is 1. The molecule has 140 valence electrons. The summed E-state index contributed by atoms with van der Waals surface area (Å²) in [5.41, 5.74) is 3.04. The maximum Gasteiger partial charge on any atom is 0.276 e. The fraction of sp³-hybridized carbons (Fsp3) is 0.500. The van der Waals surface area contributed by atoms with E-state index < -0.39 is 10.2 Å². The molecule has 9 nitrogen and oxygen atoms in total. The molecule has 0 unspecified atom stereocenters. The highest BCUT2D eigenvalue weighted by atomic mass is 32.2. The number of methoxy groups -OCH3 is 1. The molecule has 0 bridgehead atoms. The molecule has 1 saturated heterocycles. The van der Waals surface area contributed by atoms with E-state index in [0.717, 1.165) is 16.8 Å². The van der Waals surface area contributed by atoms with Gasteiger partial charge in [-0.3, -0.25) is 0 Å². The molecule has 0 atom stereocenters. The van der Waals surface area contributed by atoms with Gasteiger partial charge in [0.2, 0.25) is 0 Å². The predicted octanol–water partition coefficient (Wildman–Crippen LogP) is 0.627. The fourth-order valence-corrected chi connectivity index (χ4v) is 4.14. The summed E-state index contributed by atoms with van der Waals surface area (Å²) >= 11 is 0. The lowest BCUT2D eigenvalue weighted by Crippen LogP contribution is -2.47. The summed E-state index contributed by atoms with van der Waals surface area (Å²) < 4.78 is 31.4. The third-order valence-corrected chi connectivity index (χ3v) is 6.12. The molecule has 0 aromatic carbocycles. The molecule has 1 aliphatic heterocycles. The molecule has 1 aliphatic rings. The van der Waals surface area contributed by atoms with Crippen LogP contribution in [-0.4, -0.2) is 55.6 Å². The van der Waals surface area contributed by atoms with Crippen LogP contribution in [0.2, 0.25) is 0 Å². The summed E-state index contributed by atoms with van der Waals surface area (Å²) in [6, 6.07) is 2.07. The number of nitriles is 1. The van der Waals surface area contributed by atoms with Gasteiger partial charge >= 0.3 is 0 Å². The number of nitrogens with zero attached hydrogens (tertiary/aromatic N) is 5. The Morgan fingerprint density at radius 1 is 1.42 bits per heavy atom. The first-order valence-corrected chi connectivity index (χ1v) is 9.74. The fourth-order valence-electron chi connectivity index (χ4n) is 3.52. The van der Waals surface area contributed by atoms with Crippen LogP contribution in [0.15, 0.2) is 12.4 Å². The van der Waals surface area contributed by atoms with Crippen LogP contribution in [0.25, 0.3) is 5.52 Å². The standard InChI is InChI=1S/C16H22N6O3S/c1-11-14(25-3)10-22-15(11)16(12(8-17)9-19-22)21-6-4-13(5-7-21)20(2)26(18,23)24/h9-10,13H,4-7H2,1-3H3,(H2,18,23,24). The van der Waals surface area contributed by atoms with Crippen LogP contribution >= 0.6 is 0 Å². The van der Waals surface area contributed by atoms with E-state index in [0.29, 0.717) is 37.2 Å². The molecule has 0 spiro atoms. The third-order valence-electron chi connectivity index (χ3n) is 5.02. The van der Waals surface area contributed by atoms with Gasteiger partial charge in [-0.25, -0.2) is 9.65 Å². The number of fused-ring (bicyclic) bond motifs is 1. The zero-order chi connectivity index (χ0) is 19.1. The monoisotopic (exact) mass is 378 g/mol. The van der Waals surface area contributed by atoms with Crippen molar-refractivity contribution in [1.29, 1.82) is 5.26 Å². The molecule has 26 heavy (non-hydrogen) atoms. The lowest BCUT2D eigenvalue weighted by Gasteiger charge is -2.37. The minimum atomic E-state index is -3.71. The van der Waals surface area contributed by atoms with Gasteiger partial charge in [-0.1, -0.05) is 0 Å². The molecule has 0 amide bonds. The normalized spacial score (nSPS) is 16.2. The van der Waals surface area contributed by atoms with E-state index in [4.69, 9.17) is 9.88 Å². The molecular formula is C16H22N6O3S. The number of hydrogen-bond acceptors (Lipinski definition) is 6. The molecule has 2 aromatic rings. The number of nitrogens with two attached hydrogens (primary N) is 1. The summed E-state index contributed by atoms with van der Waals surface area (Å²) in [4.78, 5) is 2.11. The van der Waals surface area contributed by atoms with Crippen molar-refractivity contribution in [2.45, 2.75) is 25.8 Å².